The van der Waals surface area contributed by atoms with E-state index in [2.05, 4.69) is 5.32 Å². The number of amides is 2. The Morgan fingerprint density at radius 1 is 1.21 bits per heavy atom. The van der Waals surface area contributed by atoms with Crippen molar-refractivity contribution in [2.45, 2.75) is 13.5 Å². The summed E-state index contributed by atoms with van der Waals surface area (Å²) in [7, 11) is 1.58. The third-order valence-electron chi connectivity index (χ3n) is 5.03. The first-order valence-electron chi connectivity index (χ1n) is 9.24. The number of rotatable bonds is 5. The van der Waals surface area contributed by atoms with Gasteiger partial charge in [-0.2, -0.15) is 0 Å². The van der Waals surface area contributed by atoms with Gasteiger partial charge in [-0.05, 0) is 36.2 Å². The van der Waals surface area contributed by atoms with E-state index in [1.54, 1.807) is 42.3 Å². The molecule has 0 bridgehead atoms. The van der Waals surface area contributed by atoms with Crippen LogP contribution in [0.25, 0.3) is 11.0 Å². The first-order chi connectivity index (χ1) is 14.0. The molecule has 0 atom stereocenters. The van der Waals surface area contributed by atoms with Crippen LogP contribution in [0.5, 0.6) is 0 Å². The van der Waals surface area contributed by atoms with Crippen molar-refractivity contribution in [3.8, 4) is 0 Å². The van der Waals surface area contributed by atoms with Crippen molar-refractivity contribution in [2.24, 2.45) is 0 Å². The van der Waals surface area contributed by atoms with Gasteiger partial charge in [-0.3, -0.25) is 9.59 Å². The number of nitrogens with one attached hydrogen (secondary N) is 1. The molecular weight excluding hydrogens is 372 g/mol. The Morgan fingerprint density at radius 2 is 2.03 bits per heavy atom. The number of hydrogen-bond acceptors (Lipinski definition) is 5. The number of ether oxygens (including phenoxy) is 1. The average Bonchev–Trinajstić information content (AvgIpc) is 3.01. The van der Waals surface area contributed by atoms with Gasteiger partial charge in [0.15, 0.2) is 0 Å². The number of carbonyl (C=O) groups excluding carboxylic acids is 2. The molecule has 4 rings (SSSR count). The van der Waals surface area contributed by atoms with E-state index in [4.69, 9.17) is 9.15 Å². The minimum absolute atomic E-state index is 0.178. The summed E-state index contributed by atoms with van der Waals surface area (Å²) in [5.74, 6) is -0.568. The number of aryl methyl sites for hydroxylation is 1. The van der Waals surface area contributed by atoms with Crippen LogP contribution in [-0.2, 0) is 11.3 Å². The molecule has 0 saturated carbocycles. The van der Waals surface area contributed by atoms with E-state index >= 15 is 0 Å². The third kappa shape index (κ3) is 3.52. The van der Waals surface area contributed by atoms with Crippen LogP contribution in [0.4, 0.5) is 5.69 Å². The van der Waals surface area contributed by atoms with Crippen LogP contribution in [0.2, 0.25) is 0 Å². The second-order valence-corrected chi connectivity index (χ2v) is 6.97. The minimum atomic E-state index is -0.443. The van der Waals surface area contributed by atoms with Gasteiger partial charge in [0.2, 0.25) is 0 Å². The van der Waals surface area contributed by atoms with Crippen molar-refractivity contribution in [1.82, 2.24) is 4.90 Å². The fraction of sp³-hybridized carbons (Fsp3) is 0.227. The highest BCUT2D eigenvalue weighted by molar-refractivity contribution is 6.14. The SMILES string of the molecule is COCCN1Cc2cccc(C(=O)Nc3ccc4c(C)cc(=O)oc4c3)c2C1=O. The van der Waals surface area contributed by atoms with E-state index in [-0.39, 0.29) is 5.91 Å². The lowest BCUT2D eigenvalue weighted by atomic mass is 10.0. The van der Waals surface area contributed by atoms with E-state index in [0.717, 1.165) is 16.5 Å². The maximum absolute atomic E-state index is 12.9. The molecule has 0 radical (unpaired) electrons. The number of methoxy groups -OCH3 is 1. The highest BCUT2D eigenvalue weighted by Crippen LogP contribution is 2.27. The summed E-state index contributed by atoms with van der Waals surface area (Å²) >= 11 is 0. The van der Waals surface area contributed by atoms with Crippen molar-refractivity contribution in [3.63, 3.8) is 0 Å². The highest BCUT2D eigenvalue weighted by atomic mass is 16.5. The van der Waals surface area contributed by atoms with Crippen LogP contribution < -0.4 is 10.9 Å². The Labute approximate surface area is 166 Å². The summed E-state index contributed by atoms with van der Waals surface area (Å²) in [4.78, 5) is 39.0. The fourth-order valence-corrected chi connectivity index (χ4v) is 3.59. The van der Waals surface area contributed by atoms with Gasteiger partial charge in [0, 0.05) is 43.4 Å². The molecular formula is C22H20N2O5. The molecule has 0 unspecified atom stereocenters. The Bertz CT molecular complexity index is 1180. The van der Waals surface area contributed by atoms with E-state index in [9.17, 15) is 14.4 Å². The minimum Gasteiger partial charge on any atom is -0.423 e. The van der Waals surface area contributed by atoms with Gasteiger partial charge in [-0.1, -0.05) is 12.1 Å². The predicted molar refractivity (Wildman–Crippen MR) is 108 cm³/mol. The van der Waals surface area contributed by atoms with Crippen LogP contribution in [0.3, 0.4) is 0 Å². The average molecular weight is 392 g/mol. The van der Waals surface area contributed by atoms with Gasteiger partial charge in [-0.25, -0.2) is 4.79 Å². The first kappa shape index (κ1) is 18.9. The van der Waals surface area contributed by atoms with E-state index in [1.807, 2.05) is 13.0 Å². The number of anilines is 1. The molecule has 1 aliphatic heterocycles. The van der Waals surface area contributed by atoms with Gasteiger partial charge in [0.05, 0.1) is 17.7 Å². The number of fused-ring (bicyclic) bond motifs is 2. The Morgan fingerprint density at radius 3 is 2.83 bits per heavy atom. The molecule has 0 fully saturated rings. The number of benzene rings is 2. The summed E-state index contributed by atoms with van der Waals surface area (Å²) in [5, 5.41) is 3.60. The summed E-state index contributed by atoms with van der Waals surface area (Å²) in [6, 6.07) is 11.8. The third-order valence-corrected chi connectivity index (χ3v) is 5.03. The van der Waals surface area contributed by atoms with Crippen LogP contribution in [-0.4, -0.2) is 37.0 Å². The van der Waals surface area contributed by atoms with Crippen LogP contribution in [0.15, 0.2) is 51.7 Å². The van der Waals surface area contributed by atoms with Crippen LogP contribution in [0, 0.1) is 6.92 Å². The van der Waals surface area contributed by atoms with Crippen LogP contribution in [0.1, 0.15) is 31.8 Å². The maximum atomic E-state index is 12.9. The van der Waals surface area contributed by atoms with E-state index in [1.165, 1.54) is 6.07 Å². The summed E-state index contributed by atoms with van der Waals surface area (Å²) in [6.07, 6.45) is 0. The van der Waals surface area contributed by atoms with Crippen molar-refractivity contribution in [1.29, 1.82) is 0 Å². The summed E-state index contributed by atoms with van der Waals surface area (Å²) in [6.45, 7) is 3.18. The molecule has 0 saturated heterocycles. The molecule has 29 heavy (non-hydrogen) atoms. The normalized spacial score (nSPS) is 13.0. The first-order valence-corrected chi connectivity index (χ1v) is 9.24. The fourth-order valence-electron chi connectivity index (χ4n) is 3.59. The highest BCUT2D eigenvalue weighted by Gasteiger charge is 2.31. The number of hydrogen-bond donors (Lipinski definition) is 1. The number of nitrogens with zero attached hydrogens (tertiary/aromatic N) is 1. The van der Waals surface area contributed by atoms with Gasteiger partial charge in [0.25, 0.3) is 11.8 Å². The molecule has 2 aromatic carbocycles. The molecule has 1 aromatic heterocycles. The molecule has 0 spiro atoms. The van der Waals surface area contributed by atoms with E-state index in [0.29, 0.717) is 42.1 Å². The standard InChI is InChI=1S/C22H20N2O5/c1-13-10-19(25)29-18-11-15(6-7-16(13)18)23-21(26)17-5-3-4-14-12-24(8-9-28-2)22(27)20(14)17/h3-7,10-11H,8-9,12H2,1-2H3,(H,23,26). The lowest BCUT2D eigenvalue weighted by Crippen LogP contribution is -2.28. The maximum Gasteiger partial charge on any atom is 0.336 e. The van der Waals surface area contributed by atoms with Gasteiger partial charge in [-0.15, -0.1) is 0 Å². The van der Waals surface area contributed by atoms with E-state index < -0.39 is 11.5 Å². The molecule has 7 nitrogen and oxygen atoms in total. The second kappa shape index (κ2) is 7.52. The molecule has 2 heterocycles. The zero-order chi connectivity index (χ0) is 20.5. The predicted octanol–water partition coefficient (Wildman–Crippen LogP) is 2.96. The molecule has 3 aromatic rings. The van der Waals surface area contributed by atoms with Gasteiger partial charge < -0.3 is 19.4 Å². The van der Waals surface area contributed by atoms with Gasteiger partial charge in [0.1, 0.15) is 5.58 Å². The van der Waals surface area contributed by atoms with Crippen LogP contribution >= 0.6 is 0 Å². The number of carbonyl (C=O) groups is 2. The second-order valence-electron chi connectivity index (χ2n) is 6.97. The van der Waals surface area contributed by atoms with Crippen molar-refractivity contribution >= 4 is 28.5 Å². The molecule has 1 N–H and O–H groups in total. The zero-order valence-electron chi connectivity index (χ0n) is 16.2. The Balaban J connectivity index is 1.63. The molecule has 7 heteroatoms. The van der Waals surface area contributed by atoms with Crippen molar-refractivity contribution in [3.05, 3.63) is 75.1 Å². The summed E-state index contributed by atoms with van der Waals surface area (Å²) in [5.41, 5.74) is 2.79. The monoisotopic (exact) mass is 392 g/mol. The van der Waals surface area contributed by atoms with Crippen molar-refractivity contribution in [2.75, 3.05) is 25.6 Å². The Kier molecular flexibility index (Phi) is 4.90. The summed E-state index contributed by atoms with van der Waals surface area (Å²) < 4.78 is 10.3. The molecule has 2 amide bonds. The quantitative estimate of drug-likeness (QED) is 0.675. The lowest BCUT2D eigenvalue weighted by molar-refractivity contribution is 0.0716. The Hall–Kier alpha value is -3.45. The topological polar surface area (TPSA) is 88.8 Å². The lowest BCUT2D eigenvalue weighted by Gasteiger charge is -2.14. The van der Waals surface area contributed by atoms with Gasteiger partial charge >= 0.3 is 5.63 Å². The zero-order valence-corrected chi connectivity index (χ0v) is 16.2. The van der Waals surface area contributed by atoms with Crippen molar-refractivity contribution < 1.29 is 18.7 Å². The largest absolute Gasteiger partial charge is 0.423 e. The molecule has 148 valence electrons. The molecule has 0 aliphatic carbocycles. The molecule has 1 aliphatic rings. The smallest absolute Gasteiger partial charge is 0.336 e.